The van der Waals surface area contributed by atoms with Crippen molar-refractivity contribution in [1.82, 2.24) is 19.5 Å². The molecule has 0 radical (unpaired) electrons. The largest absolute Gasteiger partial charge is 0.309 e. The highest BCUT2D eigenvalue weighted by atomic mass is 79.9. The average molecular weight is 825 g/mol. The second kappa shape index (κ2) is 12.7. The van der Waals surface area contributed by atoms with Crippen LogP contribution in [0.15, 0.2) is 167 Å². The predicted molar refractivity (Wildman–Crippen MR) is 229 cm³/mol. The Morgan fingerprint density at radius 2 is 0.907 bits per heavy atom. The van der Waals surface area contributed by atoms with Crippen LogP contribution in [-0.2, 0) is 5.41 Å². The van der Waals surface area contributed by atoms with Gasteiger partial charge < -0.3 is 4.57 Å². The van der Waals surface area contributed by atoms with E-state index in [4.69, 9.17) is 15.0 Å². The molecule has 10 rings (SSSR count). The molecule has 0 saturated heterocycles. The molecule has 3 heterocycles. The van der Waals surface area contributed by atoms with Gasteiger partial charge in [-0.05, 0) is 100 Å². The van der Waals surface area contributed by atoms with Gasteiger partial charge in [0, 0.05) is 41.8 Å². The Labute approximate surface area is 330 Å². The van der Waals surface area contributed by atoms with Crippen molar-refractivity contribution < 1.29 is 0 Å². The summed E-state index contributed by atoms with van der Waals surface area (Å²) in [6.07, 6.45) is 0. The number of hydrogen-bond acceptors (Lipinski definition) is 3. The van der Waals surface area contributed by atoms with Gasteiger partial charge in [-0.15, -0.1) is 0 Å². The Morgan fingerprint density at radius 1 is 0.426 bits per heavy atom. The monoisotopic (exact) mass is 822 g/mol. The van der Waals surface area contributed by atoms with E-state index in [0.29, 0.717) is 17.5 Å². The summed E-state index contributed by atoms with van der Waals surface area (Å²) in [5, 5.41) is 2.51. The molecule has 4 nitrogen and oxygen atoms in total. The molecule has 7 aromatic carbocycles. The number of nitrogens with zero attached hydrogens (tertiary/aromatic N) is 4. The predicted octanol–water partition coefficient (Wildman–Crippen LogP) is 13.5. The molecule has 1 aliphatic heterocycles. The molecule has 0 aliphatic carbocycles. The Balaban J connectivity index is 1.21. The van der Waals surface area contributed by atoms with E-state index in [1.807, 2.05) is 48.5 Å². The van der Waals surface area contributed by atoms with Gasteiger partial charge in [0.1, 0.15) is 0 Å². The molecule has 0 bridgehead atoms. The lowest BCUT2D eigenvalue weighted by atomic mass is 9.73. The Morgan fingerprint density at radius 3 is 1.50 bits per heavy atom. The van der Waals surface area contributed by atoms with E-state index in [1.54, 1.807) is 0 Å². The number of benzene rings is 7. The average Bonchev–Trinajstić information content (AvgIpc) is 3.54. The third-order valence-electron chi connectivity index (χ3n) is 10.8. The number of hydrogen-bond donors (Lipinski definition) is 0. The first-order chi connectivity index (χ1) is 26.3. The molecule has 0 atom stereocenters. The Hall–Kier alpha value is -5.69. The summed E-state index contributed by atoms with van der Waals surface area (Å²) in [7, 11) is 0. The van der Waals surface area contributed by atoms with E-state index < -0.39 is 0 Å². The van der Waals surface area contributed by atoms with Gasteiger partial charge in [0.2, 0.25) is 0 Å². The summed E-state index contributed by atoms with van der Waals surface area (Å²) in [6, 6.07) is 56.0. The minimum atomic E-state index is -0.336. The molecular weight excluding hydrogens is 792 g/mol. The highest BCUT2D eigenvalue weighted by Crippen LogP contribution is 2.50. The van der Waals surface area contributed by atoms with Crippen LogP contribution >= 0.6 is 31.9 Å². The summed E-state index contributed by atoms with van der Waals surface area (Å²) < 4.78 is 4.48. The van der Waals surface area contributed by atoms with Gasteiger partial charge in [0.15, 0.2) is 17.5 Å². The number of aromatic nitrogens is 4. The van der Waals surface area contributed by atoms with Crippen LogP contribution in [-0.4, -0.2) is 19.5 Å². The lowest BCUT2D eigenvalue weighted by molar-refractivity contribution is 0.630. The Bertz CT molecular complexity index is 2830. The van der Waals surface area contributed by atoms with Crippen molar-refractivity contribution in [2.45, 2.75) is 19.3 Å². The van der Waals surface area contributed by atoms with Gasteiger partial charge in [0.05, 0.1) is 16.7 Å². The molecule has 0 saturated carbocycles. The zero-order chi connectivity index (χ0) is 36.6. The third-order valence-corrected chi connectivity index (χ3v) is 11.8. The summed E-state index contributed by atoms with van der Waals surface area (Å²) >= 11 is 7.16. The van der Waals surface area contributed by atoms with Crippen molar-refractivity contribution >= 4 is 53.7 Å². The molecule has 0 spiro atoms. The molecule has 258 valence electrons. The lowest BCUT2D eigenvalue weighted by Crippen LogP contribution is -2.26. The first-order valence-electron chi connectivity index (χ1n) is 18.0. The second-order valence-corrected chi connectivity index (χ2v) is 16.2. The van der Waals surface area contributed by atoms with E-state index in [0.717, 1.165) is 25.6 Å². The van der Waals surface area contributed by atoms with Crippen molar-refractivity contribution in [2.24, 2.45) is 0 Å². The standard InChI is InChI=1S/C48H32Br2N4/c1-48(2)40-27-34(47-52-45(31-13-19-36(49)20-14-31)51-46(53-47)32-15-21-37(50)22-16-32)18-24-43(40)54-42-23-17-33(29-9-5-3-6-10-29)25-38(42)39-26-35(28-41(48)44(39)54)30-11-7-4-8-12-30/h3-28H,1-2H3. The van der Waals surface area contributed by atoms with Crippen LogP contribution in [0, 0.1) is 0 Å². The molecule has 9 aromatic rings. The first kappa shape index (κ1) is 32.9. The van der Waals surface area contributed by atoms with Crippen LogP contribution in [0.5, 0.6) is 0 Å². The summed E-state index contributed by atoms with van der Waals surface area (Å²) in [5.41, 5.74) is 13.4. The summed E-state index contributed by atoms with van der Waals surface area (Å²) in [5.74, 6) is 1.90. The zero-order valence-corrected chi connectivity index (χ0v) is 32.7. The van der Waals surface area contributed by atoms with Crippen molar-refractivity contribution in [3.8, 4) is 62.1 Å². The maximum atomic E-state index is 5.10. The van der Waals surface area contributed by atoms with Crippen molar-refractivity contribution in [3.05, 3.63) is 178 Å². The van der Waals surface area contributed by atoms with Gasteiger partial charge in [-0.3, -0.25) is 0 Å². The minimum absolute atomic E-state index is 0.336. The topological polar surface area (TPSA) is 43.6 Å². The first-order valence-corrected chi connectivity index (χ1v) is 19.6. The molecule has 1 aliphatic rings. The molecular formula is C48H32Br2N4. The van der Waals surface area contributed by atoms with Crippen LogP contribution < -0.4 is 0 Å². The second-order valence-electron chi connectivity index (χ2n) is 14.4. The van der Waals surface area contributed by atoms with E-state index in [-0.39, 0.29) is 5.41 Å². The van der Waals surface area contributed by atoms with E-state index in [1.165, 1.54) is 60.9 Å². The van der Waals surface area contributed by atoms with Crippen molar-refractivity contribution in [3.63, 3.8) is 0 Å². The van der Waals surface area contributed by atoms with Crippen LogP contribution in [0.4, 0.5) is 0 Å². The maximum absolute atomic E-state index is 5.10. The molecule has 2 aromatic heterocycles. The van der Waals surface area contributed by atoms with E-state index in [9.17, 15) is 0 Å². The van der Waals surface area contributed by atoms with Gasteiger partial charge in [-0.25, -0.2) is 15.0 Å². The van der Waals surface area contributed by atoms with E-state index >= 15 is 0 Å². The lowest BCUT2D eigenvalue weighted by Gasteiger charge is -2.35. The van der Waals surface area contributed by atoms with Crippen LogP contribution in [0.3, 0.4) is 0 Å². The molecule has 0 fully saturated rings. The van der Waals surface area contributed by atoms with Crippen LogP contribution in [0.1, 0.15) is 25.0 Å². The fourth-order valence-corrected chi connectivity index (χ4v) is 8.49. The number of fused-ring (bicyclic) bond motifs is 5. The van der Waals surface area contributed by atoms with Gasteiger partial charge in [-0.1, -0.05) is 137 Å². The summed E-state index contributed by atoms with van der Waals surface area (Å²) in [6.45, 7) is 4.70. The highest BCUT2D eigenvalue weighted by molar-refractivity contribution is 9.10. The van der Waals surface area contributed by atoms with E-state index in [2.05, 4.69) is 159 Å². The highest BCUT2D eigenvalue weighted by Gasteiger charge is 2.36. The molecule has 54 heavy (non-hydrogen) atoms. The Kier molecular flexibility index (Phi) is 7.76. The van der Waals surface area contributed by atoms with Crippen molar-refractivity contribution in [2.75, 3.05) is 0 Å². The molecule has 0 amide bonds. The summed E-state index contributed by atoms with van der Waals surface area (Å²) in [4.78, 5) is 15.2. The van der Waals surface area contributed by atoms with Crippen LogP contribution in [0.25, 0.3) is 83.9 Å². The fraction of sp³-hybridized carbons (Fsp3) is 0.0625. The molecule has 6 heteroatoms. The van der Waals surface area contributed by atoms with Gasteiger partial charge >= 0.3 is 0 Å². The van der Waals surface area contributed by atoms with Crippen molar-refractivity contribution in [1.29, 1.82) is 0 Å². The van der Waals surface area contributed by atoms with Crippen LogP contribution in [0.2, 0.25) is 0 Å². The molecule has 0 N–H and O–H groups in total. The van der Waals surface area contributed by atoms with Gasteiger partial charge in [0.25, 0.3) is 0 Å². The quantitative estimate of drug-likeness (QED) is 0.174. The smallest absolute Gasteiger partial charge is 0.164 e. The fourth-order valence-electron chi connectivity index (χ4n) is 7.96. The SMILES string of the molecule is CC1(C)c2cc(-c3nc(-c4ccc(Br)cc4)nc(-c4ccc(Br)cc4)n3)ccc2-n2c3ccc(-c4ccccc4)cc3c3cc(-c4ccccc4)cc1c32. The number of rotatable bonds is 5. The normalized spacial score (nSPS) is 13.0. The number of halogens is 2. The third kappa shape index (κ3) is 5.43. The van der Waals surface area contributed by atoms with Gasteiger partial charge in [-0.2, -0.15) is 0 Å². The minimum Gasteiger partial charge on any atom is -0.309 e. The zero-order valence-electron chi connectivity index (χ0n) is 29.6. The maximum Gasteiger partial charge on any atom is 0.164 e. The molecule has 0 unspecified atom stereocenters.